The quantitative estimate of drug-likeness (QED) is 0.223. The Morgan fingerprint density at radius 2 is 1.97 bits per heavy atom. The van der Waals surface area contributed by atoms with Gasteiger partial charge < -0.3 is 40.1 Å². The smallest absolute Gasteiger partial charge is 0.387 e. The average molecular weight is 522 g/mol. The van der Waals surface area contributed by atoms with Crippen LogP contribution >= 0.6 is 19.4 Å². The highest BCUT2D eigenvalue weighted by atomic mass is 35.5. The fourth-order valence-electron chi connectivity index (χ4n) is 2.99. The molecule has 3 aromatic rings. The minimum atomic E-state index is -4.64. The number of aromatic amines is 1. The first-order valence-corrected chi connectivity index (χ1v) is 11.6. The number of fused-ring (bicyclic) bond motifs is 1. The second-order valence-electron chi connectivity index (χ2n) is 7.17. The predicted molar refractivity (Wildman–Crippen MR) is 116 cm³/mol. The van der Waals surface area contributed by atoms with Gasteiger partial charge in [-0.2, -0.15) is 0 Å². The van der Waals surface area contributed by atoms with Gasteiger partial charge in [-0.25, -0.2) is 23.9 Å². The number of anilines is 1. The van der Waals surface area contributed by atoms with E-state index in [1.165, 1.54) is 18.7 Å². The Labute approximate surface area is 196 Å². The molecule has 1 aliphatic heterocycles. The van der Waals surface area contributed by atoms with Crippen LogP contribution in [-0.2, 0) is 20.4 Å². The highest BCUT2D eigenvalue weighted by Gasteiger charge is 2.42. The lowest BCUT2D eigenvalue weighted by molar-refractivity contribution is -0.132. The number of phosphoric acid groups is 1. The number of halogens is 2. The molecule has 0 aliphatic carbocycles. The summed E-state index contributed by atoms with van der Waals surface area (Å²) in [6, 6.07) is 3.06. The summed E-state index contributed by atoms with van der Waals surface area (Å²) >= 11 is 6.13. The third kappa shape index (κ3) is 6.44. The number of rotatable bonds is 6. The summed E-state index contributed by atoms with van der Waals surface area (Å²) in [6.45, 7) is 1.46. The van der Waals surface area contributed by atoms with Gasteiger partial charge in [0.15, 0.2) is 17.8 Å². The first-order valence-electron chi connectivity index (χ1n) is 9.69. The number of aromatic nitrogens is 4. The molecule has 3 heterocycles. The number of ether oxygens (including phenoxy) is 1. The van der Waals surface area contributed by atoms with Crippen molar-refractivity contribution in [2.24, 2.45) is 0 Å². The molecular weight excluding hydrogens is 500 g/mol. The topological polar surface area (TPSA) is 203 Å². The minimum absolute atomic E-state index is 0.234. The van der Waals surface area contributed by atoms with E-state index in [2.05, 4.69) is 34.5 Å². The third-order valence-corrected chi connectivity index (χ3v) is 5.79. The van der Waals surface area contributed by atoms with Crippen LogP contribution in [0.2, 0.25) is 5.02 Å². The lowest BCUT2D eigenvalue weighted by Crippen LogP contribution is -2.34. The number of phosphoric ester groups is 1. The molecule has 1 unspecified atom stereocenters. The van der Waals surface area contributed by atoms with Crippen LogP contribution < -0.4 is 5.32 Å². The molecular formula is C18H22ClFN5O8P. The Kier molecular flexibility index (Phi) is 8.52. The molecule has 0 saturated carbocycles. The van der Waals surface area contributed by atoms with E-state index >= 15 is 0 Å². The van der Waals surface area contributed by atoms with Crippen LogP contribution in [0.15, 0.2) is 24.8 Å². The summed E-state index contributed by atoms with van der Waals surface area (Å²) in [7, 11) is -4.64. The van der Waals surface area contributed by atoms with Gasteiger partial charge in [0.2, 0.25) is 0 Å². The Balaban J connectivity index is 0.000000204. The predicted octanol–water partition coefficient (Wildman–Crippen LogP) is 0.601. The monoisotopic (exact) mass is 521 g/mol. The lowest BCUT2D eigenvalue weighted by atomic mass is 10.1. The van der Waals surface area contributed by atoms with Crippen LogP contribution in [0.4, 0.5) is 10.2 Å². The zero-order valence-corrected chi connectivity index (χ0v) is 19.2. The maximum Gasteiger partial charge on any atom is 0.469 e. The lowest BCUT2D eigenvalue weighted by Gasteiger charge is -2.14. The first-order chi connectivity index (χ1) is 16.0. The van der Waals surface area contributed by atoms with Gasteiger partial charge in [-0.15, -0.1) is 0 Å². The molecule has 1 aromatic carbocycles. The van der Waals surface area contributed by atoms with E-state index < -0.39 is 39.0 Å². The summed E-state index contributed by atoms with van der Waals surface area (Å²) in [5.41, 5.74) is 2.48. The molecule has 0 radical (unpaired) electrons. The second-order valence-corrected chi connectivity index (χ2v) is 8.78. The van der Waals surface area contributed by atoms with E-state index in [0.717, 1.165) is 5.56 Å². The highest BCUT2D eigenvalue weighted by Crippen LogP contribution is 2.37. The van der Waals surface area contributed by atoms with Crippen LogP contribution in [-0.4, -0.2) is 76.3 Å². The maximum absolute atomic E-state index is 13.8. The van der Waals surface area contributed by atoms with Gasteiger partial charge in [-0.3, -0.25) is 4.52 Å². The standard InChI is InChI=1S/C13H11ClFN5.C5H11O8P/c1-7-2-3-9(15)8(10(7)14)4-16-12-11-13(18-5-17-11)20-6-19-12;6-3-2(1-12-14(9,10)11)13-5(8)4(3)7/h2-3,5-6H,4H2,1H3,(H2,16,17,18,19,20);2-8H,1H2,(H2,9,10,11)/t;2-,3-,4-,5?/m.1/s1. The molecule has 1 saturated heterocycles. The number of hydrogen-bond acceptors (Lipinski definition) is 10. The Hall–Kier alpha value is -2.26. The molecule has 0 spiro atoms. The Bertz CT molecular complexity index is 1180. The summed E-state index contributed by atoms with van der Waals surface area (Å²) in [5, 5.41) is 30.5. The number of nitrogens with zero attached hydrogens (tertiary/aromatic N) is 3. The molecule has 1 aliphatic rings. The summed E-state index contributed by atoms with van der Waals surface area (Å²) < 4.78 is 32.7. The fourth-order valence-corrected chi connectivity index (χ4v) is 3.55. The van der Waals surface area contributed by atoms with Gasteiger partial charge in [-0.1, -0.05) is 17.7 Å². The van der Waals surface area contributed by atoms with Gasteiger partial charge in [0.25, 0.3) is 0 Å². The van der Waals surface area contributed by atoms with Crippen molar-refractivity contribution in [2.75, 3.05) is 11.9 Å². The molecule has 2 aromatic heterocycles. The summed E-state index contributed by atoms with van der Waals surface area (Å²) in [6.07, 6.45) is -2.73. The maximum atomic E-state index is 13.8. The Morgan fingerprint density at radius 3 is 2.62 bits per heavy atom. The molecule has 0 bridgehead atoms. The molecule has 4 atom stereocenters. The van der Waals surface area contributed by atoms with E-state index in [-0.39, 0.29) is 12.4 Å². The number of aliphatic hydroxyl groups excluding tert-OH is 3. The number of H-pyrrole nitrogens is 1. The van der Waals surface area contributed by atoms with E-state index in [4.69, 9.17) is 36.7 Å². The van der Waals surface area contributed by atoms with Gasteiger partial charge in [-0.05, 0) is 18.6 Å². The van der Waals surface area contributed by atoms with Crippen LogP contribution in [0, 0.1) is 12.7 Å². The molecule has 1 fully saturated rings. The number of nitrogens with one attached hydrogen (secondary N) is 2. The van der Waals surface area contributed by atoms with Crippen LogP contribution in [0.25, 0.3) is 11.2 Å². The third-order valence-electron chi connectivity index (χ3n) is 4.78. The zero-order valence-electron chi connectivity index (χ0n) is 17.5. The zero-order chi connectivity index (χ0) is 25.0. The van der Waals surface area contributed by atoms with E-state index in [1.54, 1.807) is 6.07 Å². The molecule has 34 heavy (non-hydrogen) atoms. The van der Waals surface area contributed by atoms with Crippen molar-refractivity contribution >= 4 is 36.4 Å². The number of aryl methyl sites for hydroxylation is 1. The molecule has 13 nitrogen and oxygen atoms in total. The SMILES string of the molecule is Cc1ccc(F)c(CNc2ncnc3nc[nH]c23)c1Cl.O=P(O)(O)OC[C@H]1OC(O)[C@H](O)[C@@H]1O. The largest absolute Gasteiger partial charge is 0.469 e. The van der Waals surface area contributed by atoms with Crippen molar-refractivity contribution in [3.05, 3.63) is 46.8 Å². The summed E-state index contributed by atoms with van der Waals surface area (Å²) in [5.74, 6) is 0.215. The van der Waals surface area contributed by atoms with Gasteiger partial charge in [0.1, 0.15) is 36.0 Å². The van der Waals surface area contributed by atoms with Crippen LogP contribution in [0.1, 0.15) is 11.1 Å². The van der Waals surface area contributed by atoms with Crippen molar-refractivity contribution in [1.82, 2.24) is 19.9 Å². The van der Waals surface area contributed by atoms with Crippen molar-refractivity contribution in [2.45, 2.75) is 38.1 Å². The van der Waals surface area contributed by atoms with Crippen LogP contribution in [0.5, 0.6) is 0 Å². The van der Waals surface area contributed by atoms with Crippen molar-refractivity contribution < 1.29 is 43.3 Å². The van der Waals surface area contributed by atoms with Crippen LogP contribution in [0.3, 0.4) is 0 Å². The number of imidazole rings is 1. The molecule has 186 valence electrons. The van der Waals surface area contributed by atoms with Gasteiger partial charge in [0, 0.05) is 12.1 Å². The molecule has 0 amide bonds. The number of aliphatic hydroxyl groups is 3. The normalized spacial score (nSPS) is 22.5. The number of benzene rings is 1. The van der Waals surface area contributed by atoms with Gasteiger partial charge >= 0.3 is 7.82 Å². The highest BCUT2D eigenvalue weighted by molar-refractivity contribution is 7.46. The van der Waals surface area contributed by atoms with Crippen molar-refractivity contribution in [3.8, 4) is 0 Å². The minimum Gasteiger partial charge on any atom is -0.387 e. The van der Waals surface area contributed by atoms with Gasteiger partial charge in [0.05, 0.1) is 18.0 Å². The van der Waals surface area contributed by atoms with E-state index in [9.17, 15) is 8.96 Å². The molecule has 4 rings (SSSR count). The van der Waals surface area contributed by atoms with Crippen molar-refractivity contribution in [1.29, 1.82) is 0 Å². The van der Waals surface area contributed by atoms with Crippen molar-refractivity contribution in [3.63, 3.8) is 0 Å². The first kappa shape index (κ1) is 26.3. The Morgan fingerprint density at radius 1 is 1.24 bits per heavy atom. The average Bonchev–Trinajstić information content (AvgIpc) is 3.36. The van der Waals surface area contributed by atoms with E-state index in [1.807, 2.05) is 6.92 Å². The summed E-state index contributed by atoms with van der Waals surface area (Å²) in [4.78, 5) is 31.8. The van der Waals surface area contributed by atoms with E-state index in [0.29, 0.717) is 27.6 Å². The fraction of sp³-hybridized carbons (Fsp3) is 0.389. The second kappa shape index (κ2) is 11.0. The number of hydrogen-bond donors (Lipinski definition) is 7. The molecule has 16 heteroatoms. The molecule has 7 N–H and O–H groups in total.